The van der Waals surface area contributed by atoms with E-state index in [4.69, 9.17) is 9.47 Å². The summed E-state index contributed by atoms with van der Waals surface area (Å²) >= 11 is 0. The summed E-state index contributed by atoms with van der Waals surface area (Å²) in [7, 11) is 0. The minimum atomic E-state index is -0.308. The summed E-state index contributed by atoms with van der Waals surface area (Å²) in [5, 5.41) is 4.18. The Kier molecular flexibility index (Phi) is 4.70. The van der Waals surface area contributed by atoms with Crippen LogP contribution < -0.4 is 10.3 Å². The van der Waals surface area contributed by atoms with Crippen LogP contribution in [0.4, 0.5) is 0 Å². The lowest BCUT2D eigenvalue weighted by Crippen LogP contribution is -2.31. The van der Waals surface area contributed by atoms with Crippen LogP contribution in [0.2, 0.25) is 0 Å². The summed E-state index contributed by atoms with van der Waals surface area (Å²) in [4.78, 5) is 21.2. The van der Waals surface area contributed by atoms with Crippen molar-refractivity contribution in [2.75, 3.05) is 6.61 Å². The molecule has 0 amide bonds. The zero-order valence-corrected chi connectivity index (χ0v) is 14.1. The molecule has 0 aliphatic carbocycles. The van der Waals surface area contributed by atoms with Crippen molar-refractivity contribution in [2.45, 2.75) is 25.5 Å². The number of ether oxygens (including phenoxy) is 2. The van der Waals surface area contributed by atoms with Crippen LogP contribution in [0.15, 0.2) is 59.8 Å². The van der Waals surface area contributed by atoms with Crippen LogP contribution in [0.25, 0.3) is 11.1 Å². The zero-order valence-electron chi connectivity index (χ0n) is 14.1. The SMILES string of the molecule is O=c1c(-c2cnc(Oc3ccccc3)nc2)ccnn1C1CCCCO1. The van der Waals surface area contributed by atoms with E-state index in [1.807, 2.05) is 30.3 Å². The first-order valence-electron chi connectivity index (χ1n) is 8.56. The molecule has 1 aliphatic rings. The van der Waals surface area contributed by atoms with Crippen molar-refractivity contribution in [3.05, 3.63) is 65.3 Å². The molecule has 1 aromatic carbocycles. The lowest BCUT2D eigenvalue weighted by molar-refractivity contribution is -0.0423. The maximum atomic E-state index is 12.8. The summed E-state index contributed by atoms with van der Waals surface area (Å²) in [6.45, 7) is 0.650. The molecule has 0 radical (unpaired) electrons. The van der Waals surface area contributed by atoms with Crippen molar-refractivity contribution in [3.63, 3.8) is 0 Å². The van der Waals surface area contributed by atoms with Gasteiger partial charge in [-0.25, -0.2) is 14.6 Å². The number of hydrogen-bond acceptors (Lipinski definition) is 6. The van der Waals surface area contributed by atoms with Gasteiger partial charge in [0.1, 0.15) is 5.75 Å². The highest BCUT2D eigenvalue weighted by molar-refractivity contribution is 5.59. The summed E-state index contributed by atoms with van der Waals surface area (Å²) in [5.74, 6) is 0.654. The second-order valence-electron chi connectivity index (χ2n) is 5.99. The largest absolute Gasteiger partial charge is 0.424 e. The molecule has 0 saturated carbocycles. The Labute approximate surface area is 150 Å². The Bertz CT molecular complexity index is 920. The van der Waals surface area contributed by atoms with Gasteiger partial charge in [-0.05, 0) is 37.5 Å². The van der Waals surface area contributed by atoms with Crippen molar-refractivity contribution in [3.8, 4) is 22.9 Å². The van der Waals surface area contributed by atoms with Crippen molar-refractivity contribution >= 4 is 0 Å². The zero-order chi connectivity index (χ0) is 17.8. The van der Waals surface area contributed by atoms with Crippen LogP contribution in [0.3, 0.4) is 0 Å². The summed E-state index contributed by atoms with van der Waals surface area (Å²) < 4.78 is 12.7. The number of aromatic nitrogens is 4. The molecule has 26 heavy (non-hydrogen) atoms. The smallest absolute Gasteiger partial charge is 0.321 e. The van der Waals surface area contributed by atoms with Gasteiger partial charge in [0, 0.05) is 30.8 Å². The van der Waals surface area contributed by atoms with Gasteiger partial charge in [0.15, 0.2) is 6.23 Å². The molecule has 3 aromatic rings. The third kappa shape index (κ3) is 3.48. The molecule has 1 saturated heterocycles. The fraction of sp³-hybridized carbons (Fsp3) is 0.263. The Morgan fingerprint density at radius 1 is 1.08 bits per heavy atom. The number of nitrogens with zero attached hydrogens (tertiary/aromatic N) is 4. The normalized spacial score (nSPS) is 17.0. The molecule has 0 spiro atoms. The summed E-state index contributed by atoms with van der Waals surface area (Å²) in [5.41, 5.74) is 0.891. The average Bonchev–Trinajstić information content (AvgIpc) is 2.70. The van der Waals surface area contributed by atoms with Crippen molar-refractivity contribution in [1.82, 2.24) is 19.7 Å². The van der Waals surface area contributed by atoms with Gasteiger partial charge < -0.3 is 9.47 Å². The predicted molar refractivity (Wildman–Crippen MR) is 94.9 cm³/mol. The molecule has 1 unspecified atom stereocenters. The van der Waals surface area contributed by atoms with Crippen LogP contribution in [-0.4, -0.2) is 26.4 Å². The molecule has 0 bridgehead atoms. The first kappa shape index (κ1) is 16.4. The molecular weight excluding hydrogens is 332 g/mol. The molecule has 1 fully saturated rings. The van der Waals surface area contributed by atoms with Crippen molar-refractivity contribution in [2.24, 2.45) is 0 Å². The highest BCUT2D eigenvalue weighted by atomic mass is 16.5. The number of benzene rings is 1. The molecule has 132 valence electrons. The number of para-hydroxylation sites is 1. The van der Waals surface area contributed by atoms with Gasteiger partial charge in [-0.1, -0.05) is 18.2 Å². The van der Waals surface area contributed by atoms with Crippen LogP contribution in [0.1, 0.15) is 25.5 Å². The average molecular weight is 350 g/mol. The Morgan fingerprint density at radius 2 is 1.88 bits per heavy atom. The van der Waals surface area contributed by atoms with Gasteiger partial charge in [0.2, 0.25) is 0 Å². The van der Waals surface area contributed by atoms with E-state index < -0.39 is 0 Å². The van der Waals surface area contributed by atoms with E-state index in [0.29, 0.717) is 23.5 Å². The Balaban J connectivity index is 1.58. The predicted octanol–water partition coefficient (Wildman–Crippen LogP) is 3.19. The third-order valence-electron chi connectivity index (χ3n) is 4.19. The fourth-order valence-electron chi connectivity index (χ4n) is 2.87. The van der Waals surface area contributed by atoms with E-state index in [-0.39, 0.29) is 17.8 Å². The highest BCUT2D eigenvalue weighted by Gasteiger charge is 2.19. The Hall–Kier alpha value is -3.06. The van der Waals surface area contributed by atoms with E-state index >= 15 is 0 Å². The van der Waals surface area contributed by atoms with Gasteiger partial charge >= 0.3 is 6.01 Å². The minimum Gasteiger partial charge on any atom is -0.424 e. The topological polar surface area (TPSA) is 79.1 Å². The molecule has 7 heteroatoms. The molecule has 1 aliphatic heterocycles. The molecule has 3 heterocycles. The van der Waals surface area contributed by atoms with Gasteiger partial charge in [-0.15, -0.1) is 0 Å². The monoisotopic (exact) mass is 350 g/mol. The van der Waals surface area contributed by atoms with Gasteiger partial charge in [-0.2, -0.15) is 5.10 Å². The molecule has 4 rings (SSSR count). The lowest BCUT2D eigenvalue weighted by atomic mass is 10.1. The molecule has 2 aromatic heterocycles. The quantitative estimate of drug-likeness (QED) is 0.719. The first-order valence-corrected chi connectivity index (χ1v) is 8.56. The van der Waals surface area contributed by atoms with Crippen molar-refractivity contribution < 1.29 is 9.47 Å². The van der Waals surface area contributed by atoms with Crippen LogP contribution in [0, 0.1) is 0 Å². The fourth-order valence-corrected chi connectivity index (χ4v) is 2.87. The van der Waals surface area contributed by atoms with E-state index in [1.54, 1.807) is 24.7 Å². The maximum absolute atomic E-state index is 12.8. The van der Waals surface area contributed by atoms with E-state index in [2.05, 4.69) is 15.1 Å². The minimum absolute atomic E-state index is 0.209. The van der Waals surface area contributed by atoms with E-state index in [0.717, 1.165) is 19.3 Å². The standard InChI is InChI=1S/C19H18N4O3/c24-18-16(9-10-22-23(18)17-8-4-5-11-25-17)14-12-20-19(21-13-14)26-15-6-2-1-3-7-15/h1-3,6-7,9-10,12-13,17H,4-5,8,11H2. The van der Waals surface area contributed by atoms with E-state index in [1.165, 1.54) is 4.68 Å². The van der Waals surface area contributed by atoms with Crippen LogP contribution in [-0.2, 0) is 4.74 Å². The number of hydrogen-bond donors (Lipinski definition) is 0. The molecule has 1 atom stereocenters. The third-order valence-corrected chi connectivity index (χ3v) is 4.19. The first-order chi connectivity index (χ1) is 12.8. The second-order valence-corrected chi connectivity index (χ2v) is 5.99. The summed E-state index contributed by atoms with van der Waals surface area (Å²) in [6.07, 6.45) is 7.28. The lowest BCUT2D eigenvalue weighted by Gasteiger charge is -2.23. The number of rotatable bonds is 4. The van der Waals surface area contributed by atoms with Gasteiger partial charge in [-0.3, -0.25) is 4.79 Å². The summed E-state index contributed by atoms with van der Waals surface area (Å²) in [6, 6.07) is 11.2. The second kappa shape index (κ2) is 7.45. The van der Waals surface area contributed by atoms with Crippen LogP contribution in [0.5, 0.6) is 11.8 Å². The van der Waals surface area contributed by atoms with Gasteiger partial charge in [0.05, 0.1) is 5.56 Å². The van der Waals surface area contributed by atoms with Gasteiger partial charge in [0.25, 0.3) is 5.56 Å². The van der Waals surface area contributed by atoms with Crippen molar-refractivity contribution in [1.29, 1.82) is 0 Å². The molecular formula is C19H18N4O3. The Morgan fingerprint density at radius 3 is 2.62 bits per heavy atom. The van der Waals surface area contributed by atoms with E-state index in [9.17, 15) is 4.79 Å². The highest BCUT2D eigenvalue weighted by Crippen LogP contribution is 2.22. The molecule has 0 N–H and O–H groups in total. The molecule has 7 nitrogen and oxygen atoms in total. The van der Waals surface area contributed by atoms with Crippen LogP contribution >= 0.6 is 0 Å². The maximum Gasteiger partial charge on any atom is 0.321 e.